The van der Waals surface area contributed by atoms with Crippen LogP contribution in [-0.2, 0) is 14.3 Å². The number of carbonyl (C=O) groups is 2. The summed E-state index contributed by atoms with van der Waals surface area (Å²) in [7, 11) is 0. The minimum Gasteiger partial charge on any atom is -0.458 e. The number of aliphatic hydroxyl groups is 2. The second kappa shape index (κ2) is 45.4. The van der Waals surface area contributed by atoms with Crippen LogP contribution in [0.5, 0.6) is 0 Å². The van der Waals surface area contributed by atoms with Crippen LogP contribution in [0.3, 0.4) is 0 Å². The number of carbonyl (C=O) groups excluding carboxylic acids is 2. The van der Waals surface area contributed by atoms with Gasteiger partial charge in [0.15, 0.2) is 0 Å². The SMILES string of the molecule is CC/C=C/C=C/C=C\C=C/CCCCCC(=O)OC(/C=C/C/C=C\CCCCCCCC)CC(=O)NC(CO)C(O)CCCCCCCCCCCCCCCCC. The molecule has 58 heavy (non-hydrogen) atoms. The topological polar surface area (TPSA) is 95.9 Å². The molecule has 0 aliphatic carbocycles. The molecule has 0 saturated heterocycles. The lowest BCUT2D eigenvalue weighted by Gasteiger charge is -2.23. The second-order valence-corrected chi connectivity index (χ2v) is 16.2. The number of aliphatic hydroxyl groups excluding tert-OH is 2. The first-order valence-electron chi connectivity index (χ1n) is 24.2. The highest BCUT2D eigenvalue weighted by Gasteiger charge is 2.23. The molecule has 0 aliphatic rings. The molecule has 0 heterocycles. The van der Waals surface area contributed by atoms with Gasteiger partial charge in [0.25, 0.3) is 0 Å². The van der Waals surface area contributed by atoms with Gasteiger partial charge in [0, 0.05) is 6.42 Å². The molecule has 0 spiro atoms. The van der Waals surface area contributed by atoms with Crippen LogP contribution in [-0.4, -0.2) is 46.9 Å². The third-order valence-electron chi connectivity index (χ3n) is 10.6. The van der Waals surface area contributed by atoms with Crippen molar-refractivity contribution in [3.8, 4) is 0 Å². The quantitative estimate of drug-likeness (QED) is 0.0247. The minimum atomic E-state index is -0.820. The minimum absolute atomic E-state index is 0.0473. The van der Waals surface area contributed by atoms with Crippen molar-refractivity contribution in [1.82, 2.24) is 5.32 Å². The molecular weight excluding hydrogens is 719 g/mol. The van der Waals surface area contributed by atoms with Gasteiger partial charge in [-0.05, 0) is 57.4 Å². The summed E-state index contributed by atoms with van der Waals surface area (Å²) >= 11 is 0. The Kier molecular flexibility index (Phi) is 43.3. The summed E-state index contributed by atoms with van der Waals surface area (Å²) in [5.74, 6) is -0.653. The van der Waals surface area contributed by atoms with Crippen molar-refractivity contribution in [3.63, 3.8) is 0 Å². The molecule has 0 saturated carbocycles. The van der Waals surface area contributed by atoms with Crippen molar-refractivity contribution in [1.29, 1.82) is 0 Å². The Labute approximate surface area is 358 Å². The molecule has 0 rings (SSSR count). The average Bonchev–Trinajstić information content (AvgIpc) is 3.22. The molecule has 0 aliphatic heterocycles. The zero-order chi connectivity index (χ0) is 42.4. The lowest BCUT2D eigenvalue weighted by atomic mass is 10.0. The number of rotatable bonds is 42. The van der Waals surface area contributed by atoms with Crippen LogP contribution in [0.2, 0.25) is 0 Å². The summed E-state index contributed by atoms with van der Waals surface area (Å²) in [6, 6.07) is -0.742. The predicted octanol–water partition coefficient (Wildman–Crippen LogP) is 14.2. The van der Waals surface area contributed by atoms with E-state index in [9.17, 15) is 19.8 Å². The van der Waals surface area contributed by atoms with E-state index in [0.717, 1.165) is 57.8 Å². The lowest BCUT2D eigenvalue weighted by molar-refractivity contribution is -0.148. The molecule has 0 bridgehead atoms. The van der Waals surface area contributed by atoms with E-state index >= 15 is 0 Å². The Hall–Kier alpha value is -2.70. The number of hydrogen-bond donors (Lipinski definition) is 3. The Balaban J connectivity index is 4.67. The molecule has 0 aromatic rings. The van der Waals surface area contributed by atoms with Crippen LogP contribution in [0.1, 0.15) is 220 Å². The third kappa shape index (κ3) is 40.1. The number of allylic oxidation sites excluding steroid dienone is 11. The first-order chi connectivity index (χ1) is 28.5. The van der Waals surface area contributed by atoms with Crippen LogP contribution >= 0.6 is 0 Å². The van der Waals surface area contributed by atoms with Gasteiger partial charge >= 0.3 is 5.97 Å². The molecule has 0 fully saturated rings. The van der Waals surface area contributed by atoms with E-state index in [0.29, 0.717) is 19.3 Å². The third-order valence-corrected chi connectivity index (χ3v) is 10.6. The molecule has 6 heteroatoms. The predicted molar refractivity (Wildman–Crippen MR) is 250 cm³/mol. The van der Waals surface area contributed by atoms with E-state index in [4.69, 9.17) is 4.74 Å². The highest BCUT2D eigenvalue weighted by atomic mass is 16.5. The Morgan fingerprint density at radius 3 is 1.59 bits per heavy atom. The lowest BCUT2D eigenvalue weighted by Crippen LogP contribution is -2.46. The van der Waals surface area contributed by atoms with Gasteiger partial charge in [0.05, 0.1) is 25.2 Å². The van der Waals surface area contributed by atoms with Crippen molar-refractivity contribution in [2.75, 3.05) is 6.61 Å². The summed E-state index contributed by atoms with van der Waals surface area (Å²) in [6.07, 6.45) is 57.1. The fourth-order valence-corrected chi connectivity index (χ4v) is 6.93. The van der Waals surface area contributed by atoms with Crippen molar-refractivity contribution < 1.29 is 24.5 Å². The van der Waals surface area contributed by atoms with Gasteiger partial charge < -0.3 is 20.3 Å². The fraction of sp³-hybridized carbons (Fsp3) is 0.731. The molecule has 6 nitrogen and oxygen atoms in total. The molecule has 0 radical (unpaired) electrons. The number of ether oxygens (including phenoxy) is 1. The molecule has 3 N–H and O–H groups in total. The summed E-state index contributed by atoms with van der Waals surface area (Å²) in [5.41, 5.74) is 0. The van der Waals surface area contributed by atoms with Gasteiger partial charge in [-0.25, -0.2) is 0 Å². The molecule has 3 atom stereocenters. The Bertz CT molecular complexity index is 1090. The van der Waals surface area contributed by atoms with Crippen molar-refractivity contribution in [2.45, 2.75) is 238 Å². The molecule has 334 valence electrons. The van der Waals surface area contributed by atoms with Crippen LogP contribution in [0.25, 0.3) is 0 Å². The number of nitrogens with one attached hydrogen (secondary N) is 1. The maximum absolute atomic E-state index is 13.1. The maximum Gasteiger partial charge on any atom is 0.306 e. The number of amides is 1. The van der Waals surface area contributed by atoms with E-state index in [1.165, 1.54) is 116 Å². The van der Waals surface area contributed by atoms with Crippen LogP contribution in [0, 0.1) is 0 Å². The summed E-state index contributed by atoms with van der Waals surface area (Å²) in [6.45, 7) is 6.28. The van der Waals surface area contributed by atoms with Gasteiger partial charge in [0.2, 0.25) is 5.91 Å². The first kappa shape index (κ1) is 55.3. The van der Waals surface area contributed by atoms with Crippen LogP contribution < -0.4 is 5.32 Å². The first-order valence-corrected chi connectivity index (χ1v) is 24.2. The van der Waals surface area contributed by atoms with E-state index in [2.05, 4.69) is 56.5 Å². The van der Waals surface area contributed by atoms with Crippen molar-refractivity contribution in [2.24, 2.45) is 0 Å². The maximum atomic E-state index is 13.1. The Morgan fingerprint density at radius 1 is 0.552 bits per heavy atom. The monoisotopic (exact) mass is 810 g/mol. The molecule has 0 aromatic carbocycles. The standard InChI is InChI=1S/C52H91NO5/c1-4-7-10-13-16-19-22-24-25-27-29-32-35-38-41-44-50(55)49(47-54)53-51(56)46-48(43-40-37-34-31-28-21-18-15-12-9-6-3)58-52(57)45-42-39-36-33-30-26-23-20-17-14-11-8-5-2/h8,11,14,17,20,23,26,30-31,34,40,43,48-50,54-55H,4-7,9-10,12-13,15-16,18-19,21-22,24-25,27-29,32-33,35-39,41-42,44-47H2,1-3H3,(H,53,56)/b11-8+,17-14+,23-20-,30-26-,34-31-,43-40+. The highest BCUT2D eigenvalue weighted by molar-refractivity contribution is 5.78. The van der Waals surface area contributed by atoms with Gasteiger partial charge in [-0.1, -0.05) is 222 Å². The van der Waals surface area contributed by atoms with E-state index in [1.807, 2.05) is 36.5 Å². The number of unbranched alkanes of at least 4 members (excludes halogenated alkanes) is 23. The van der Waals surface area contributed by atoms with E-state index in [1.54, 1.807) is 6.08 Å². The smallest absolute Gasteiger partial charge is 0.306 e. The summed E-state index contributed by atoms with van der Waals surface area (Å²) in [5, 5.41) is 23.6. The molecular formula is C52H91NO5. The largest absolute Gasteiger partial charge is 0.458 e. The summed E-state index contributed by atoms with van der Waals surface area (Å²) < 4.78 is 5.79. The zero-order valence-corrected chi connectivity index (χ0v) is 37.9. The Morgan fingerprint density at radius 2 is 1.03 bits per heavy atom. The molecule has 3 unspecified atom stereocenters. The fourth-order valence-electron chi connectivity index (χ4n) is 6.93. The van der Waals surface area contributed by atoms with Crippen LogP contribution in [0.4, 0.5) is 0 Å². The summed E-state index contributed by atoms with van der Waals surface area (Å²) in [4.78, 5) is 25.9. The zero-order valence-electron chi connectivity index (χ0n) is 37.9. The van der Waals surface area contributed by atoms with Gasteiger partial charge in [0.1, 0.15) is 6.10 Å². The van der Waals surface area contributed by atoms with Crippen molar-refractivity contribution in [3.05, 3.63) is 72.9 Å². The van der Waals surface area contributed by atoms with E-state index < -0.39 is 18.2 Å². The van der Waals surface area contributed by atoms with Gasteiger partial charge in [-0.2, -0.15) is 0 Å². The van der Waals surface area contributed by atoms with E-state index in [-0.39, 0.29) is 24.9 Å². The molecule has 0 aromatic heterocycles. The average molecular weight is 810 g/mol. The highest BCUT2D eigenvalue weighted by Crippen LogP contribution is 2.16. The second-order valence-electron chi connectivity index (χ2n) is 16.2. The van der Waals surface area contributed by atoms with Crippen molar-refractivity contribution >= 4 is 11.9 Å². The number of hydrogen-bond acceptors (Lipinski definition) is 5. The normalized spacial score (nSPS) is 13.9. The van der Waals surface area contributed by atoms with Crippen LogP contribution in [0.15, 0.2) is 72.9 Å². The van der Waals surface area contributed by atoms with Gasteiger partial charge in [-0.3, -0.25) is 9.59 Å². The van der Waals surface area contributed by atoms with Gasteiger partial charge in [-0.15, -0.1) is 0 Å². The molecule has 1 amide bonds. The number of esters is 1.